The maximum absolute atomic E-state index is 12.4. The van der Waals surface area contributed by atoms with Crippen LogP contribution in [-0.4, -0.2) is 19.1 Å². The lowest BCUT2D eigenvalue weighted by molar-refractivity contribution is -0.274. The monoisotopic (exact) mass is 405 g/mol. The van der Waals surface area contributed by atoms with Gasteiger partial charge in [0.05, 0.1) is 18.0 Å². The average Bonchev–Trinajstić information content (AvgIpc) is 3.18. The summed E-state index contributed by atoms with van der Waals surface area (Å²) >= 11 is 0. The van der Waals surface area contributed by atoms with Crippen molar-refractivity contribution >= 4 is 11.7 Å². The Morgan fingerprint density at radius 3 is 2.55 bits per heavy atom. The van der Waals surface area contributed by atoms with E-state index in [1.807, 2.05) is 17.0 Å². The molecule has 5 rings (SSSR count). The van der Waals surface area contributed by atoms with E-state index in [-0.39, 0.29) is 30.3 Å². The van der Waals surface area contributed by atoms with Gasteiger partial charge in [0.15, 0.2) is 6.73 Å². The van der Waals surface area contributed by atoms with E-state index in [4.69, 9.17) is 9.47 Å². The lowest BCUT2D eigenvalue weighted by atomic mass is 9.85. The van der Waals surface area contributed by atoms with E-state index in [1.54, 1.807) is 12.1 Å². The summed E-state index contributed by atoms with van der Waals surface area (Å²) in [5.41, 5.74) is 2.52. The van der Waals surface area contributed by atoms with Crippen LogP contribution < -0.4 is 19.1 Å². The van der Waals surface area contributed by atoms with Crippen molar-refractivity contribution in [3.05, 3.63) is 47.5 Å². The van der Waals surface area contributed by atoms with E-state index in [0.29, 0.717) is 23.7 Å². The zero-order valence-electron chi connectivity index (χ0n) is 15.4. The second kappa shape index (κ2) is 6.57. The average molecular weight is 405 g/mol. The predicted octanol–water partition coefficient (Wildman–Crippen LogP) is 4.74. The molecule has 5 nitrogen and oxygen atoms in total. The standard InChI is InChI=1S/C21H18F3NO4/c22-21(23,24)29-13-6-4-12(5-7-13)25-10-17-18(27-11-25)9-8-15-14-2-1-3-16(14)20(26)28-19(15)17/h4-9,14,16H,1-3,10-11H2/t14-,16+/m0/s1. The molecule has 1 fully saturated rings. The Balaban J connectivity index is 1.42. The fourth-order valence-corrected chi connectivity index (χ4v) is 4.52. The molecule has 29 heavy (non-hydrogen) atoms. The molecule has 2 aromatic carbocycles. The number of fused-ring (bicyclic) bond motifs is 5. The van der Waals surface area contributed by atoms with Crippen LogP contribution in [0.15, 0.2) is 36.4 Å². The molecule has 2 atom stereocenters. The zero-order valence-corrected chi connectivity index (χ0v) is 15.4. The fraction of sp³-hybridized carbons (Fsp3) is 0.381. The van der Waals surface area contributed by atoms with Gasteiger partial charge < -0.3 is 19.1 Å². The van der Waals surface area contributed by atoms with Crippen molar-refractivity contribution in [3.63, 3.8) is 0 Å². The largest absolute Gasteiger partial charge is 0.573 e. The molecule has 0 unspecified atom stereocenters. The van der Waals surface area contributed by atoms with Crippen LogP contribution >= 0.6 is 0 Å². The Morgan fingerprint density at radius 1 is 1.03 bits per heavy atom. The Morgan fingerprint density at radius 2 is 1.79 bits per heavy atom. The Labute approximate surface area is 165 Å². The van der Waals surface area contributed by atoms with Gasteiger partial charge in [0.25, 0.3) is 0 Å². The number of alkyl halides is 3. The maximum Gasteiger partial charge on any atom is 0.573 e. The minimum Gasteiger partial charge on any atom is -0.473 e. The first-order chi connectivity index (χ1) is 13.9. The van der Waals surface area contributed by atoms with Crippen molar-refractivity contribution < 1.29 is 32.2 Å². The van der Waals surface area contributed by atoms with Crippen LogP contribution in [0.2, 0.25) is 0 Å². The Kier molecular flexibility index (Phi) is 4.11. The minimum absolute atomic E-state index is 0.0673. The minimum atomic E-state index is -4.73. The van der Waals surface area contributed by atoms with Crippen LogP contribution in [0.1, 0.15) is 36.3 Å². The van der Waals surface area contributed by atoms with Crippen LogP contribution in [-0.2, 0) is 11.3 Å². The number of rotatable bonds is 2. The molecule has 0 saturated heterocycles. The summed E-state index contributed by atoms with van der Waals surface area (Å²) in [4.78, 5) is 14.3. The van der Waals surface area contributed by atoms with Gasteiger partial charge in [0.1, 0.15) is 17.2 Å². The van der Waals surface area contributed by atoms with E-state index >= 15 is 0 Å². The number of anilines is 1. The van der Waals surface area contributed by atoms with E-state index in [2.05, 4.69) is 4.74 Å². The van der Waals surface area contributed by atoms with Crippen LogP contribution in [0.3, 0.4) is 0 Å². The lowest BCUT2D eigenvalue weighted by Gasteiger charge is -2.35. The Hall–Kier alpha value is -2.90. The van der Waals surface area contributed by atoms with Crippen LogP contribution in [0.4, 0.5) is 18.9 Å². The van der Waals surface area contributed by atoms with Gasteiger partial charge >= 0.3 is 12.3 Å². The summed E-state index contributed by atoms with van der Waals surface area (Å²) in [6, 6.07) is 9.53. The van der Waals surface area contributed by atoms with Crippen LogP contribution in [0.25, 0.3) is 0 Å². The third-order valence-corrected chi connectivity index (χ3v) is 5.83. The number of nitrogens with zero attached hydrogens (tertiary/aromatic N) is 1. The summed E-state index contributed by atoms with van der Waals surface area (Å²) < 4.78 is 52.5. The van der Waals surface area contributed by atoms with Gasteiger partial charge in [-0.3, -0.25) is 4.79 Å². The second-order valence-corrected chi connectivity index (χ2v) is 7.54. The van der Waals surface area contributed by atoms with Gasteiger partial charge in [-0.15, -0.1) is 13.2 Å². The molecule has 8 heteroatoms. The molecular weight excluding hydrogens is 387 g/mol. The smallest absolute Gasteiger partial charge is 0.473 e. The van der Waals surface area contributed by atoms with Crippen molar-refractivity contribution in [3.8, 4) is 17.2 Å². The van der Waals surface area contributed by atoms with Crippen LogP contribution in [0.5, 0.6) is 17.2 Å². The van der Waals surface area contributed by atoms with Gasteiger partial charge in [-0.05, 0) is 48.7 Å². The SMILES string of the molecule is O=C1Oc2c(ccc3c2CN(c2ccc(OC(F)(F)F)cc2)CO3)[C@@H]2CCC[C@@H]12. The van der Waals surface area contributed by atoms with E-state index in [0.717, 1.165) is 30.4 Å². The molecule has 2 heterocycles. The van der Waals surface area contributed by atoms with E-state index < -0.39 is 6.36 Å². The summed E-state index contributed by atoms with van der Waals surface area (Å²) in [5, 5.41) is 0. The first-order valence-electron chi connectivity index (χ1n) is 9.50. The summed E-state index contributed by atoms with van der Waals surface area (Å²) in [7, 11) is 0. The third-order valence-electron chi connectivity index (χ3n) is 5.83. The number of ether oxygens (including phenoxy) is 3. The molecule has 152 valence electrons. The van der Waals surface area contributed by atoms with Crippen LogP contribution in [0, 0.1) is 5.92 Å². The van der Waals surface area contributed by atoms with Crippen molar-refractivity contribution in [2.45, 2.75) is 38.1 Å². The molecule has 0 bridgehead atoms. The highest BCUT2D eigenvalue weighted by atomic mass is 19.4. The third kappa shape index (κ3) is 3.26. The fourth-order valence-electron chi connectivity index (χ4n) is 4.52. The molecule has 1 saturated carbocycles. The number of carbonyl (C=O) groups excluding carboxylic acids is 1. The summed E-state index contributed by atoms with van der Waals surface area (Å²) in [6.45, 7) is 0.675. The molecule has 2 aromatic rings. The number of hydrogen-bond acceptors (Lipinski definition) is 5. The highest BCUT2D eigenvalue weighted by Gasteiger charge is 2.42. The molecule has 0 amide bonds. The van der Waals surface area contributed by atoms with Crippen molar-refractivity contribution in [1.29, 1.82) is 0 Å². The van der Waals surface area contributed by atoms with E-state index in [9.17, 15) is 18.0 Å². The number of esters is 1. The van der Waals surface area contributed by atoms with Gasteiger partial charge in [-0.25, -0.2) is 0 Å². The number of halogens is 3. The topological polar surface area (TPSA) is 48.0 Å². The number of benzene rings is 2. The first kappa shape index (κ1) is 18.1. The highest BCUT2D eigenvalue weighted by Crippen LogP contribution is 2.50. The molecule has 0 aromatic heterocycles. The summed E-state index contributed by atoms with van der Waals surface area (Å²) in [5.74, 6) is 0.907. The molecule has 1 aliphatic carbocycles. The van der Waals surface area contributed by atoms with Gasteiger partial charge in [0.2, 0.25) is 0 Å². The normalized spacial score (nSPS) is 22.9. The van der Waals surface area contributed by atoms with E-state index in [1.165, 1.54) is 12.1 Å². The second-order valence-electron chi connectivity index (χ2n) is 7.54. The number of hydrogen-bond donors (Lipinski definition) is 0. The highest BCUT2D eigenvalue weighted by molar-refractivity contribution is 5.81. The predicted molar refractivity (Wildman–Crippen MR) is 97.0 cm³/mol. The lowest BCUT2D eigenvalue weighted by Crippen LogP contribution is -2.34. The molecule has 0 N–H and O–H groups in total. The summed E-state index contributed by atoms with van der Waals surface area (Å²) in [6.07, 6.45) is -1.89. The van der Waals surface area contributed by atoms with Gasteiger partial charge in [-0.1, -0.05) is 12.5 Å². The van der Waals surface area contributed by atoms with Crippen molar-refractivity contribution in [2.24, 2.45) is 5.92 Å². The Bertz CT molecular complexity index is 958. The zero-order chi connectivity index (χ0) is 20.2. The molecule has 2 aliphatic heterocycles. The van der Waals surface area contributed by atoms with Gasteiger partial charge in [-0.2, -0.15) is 0 Å². The maximum atomic E-state index is 12.4. The molecular formula is C21H18F3NO4. The molecule has 0 spiro atoms. The molecule has 0 radical (unpaired) electrons. The van der Waals surface area contributed by atoms with Gasteiger partial charge in [0, 0.05) is 11.6 Å². The van der Waals surface area contributed by atoms with Crippen molar-refractivity contribution in [1.82, 2.24) is 0 Å². The first-order valence-corrected chi connectivity index (χ1v) is 9.50. The number of carbonyl (C=O) groups is 1. The molecule has 3 aliphatic rings. The quantitative estimate of drug-likeness (QED) is 0.533. The van der Waals surface area contributed by atoms with Crippen molar-refractivity contribution in [2.75, 3.05) is 11.6 Å².